The molecule has 0 aromatic heterocycles. The van der Waals surface area contributed by atoms with E-state index in [4.69, 9.17) is 0 Å². The van der Waals surface area contributed by atoms with Crippen LogP contribution in [0.25, 0.3) is 11.1 Å². The molecular weight excluding hydrogens is 632 g/mol. The quantitative estimate of drug-likeness (QED) is 0.424. The summed E-state index contributed by atoms with van der Waals surface area (Å²) in [4.78, 5) is 0. The Labute approximate surface area is 269 Å². The van der Waals surface area contributed by atoms with Crippen LogP contribution in [0.2, 0.25) is 0 Å². The summed E-state index contributed by atoms with van der Waals surface area (Å²) in [6.07, 6.45) is 9.37. The van der Waals surface area contributed by atoms with E-state index in [-0.39, 0.29) is 51.0 Å². The first-order valence-electron chi connectivity index (χ1n) is 12.7. The summed E-state index contributed by atoms with van der Waals surface area (Å²) in [6.45, 7) is 17.6. The van der Waals surface area contributed by atoms with Gasteiger partial charge in [-0.3, -0.25) is 0 Å². The molecule has 39 heavy (non-hydrogen) atoms. The fourth-order valence-electron chi connectivity index (χ4n) is 5.57. The maximum Gasteiger partial charge on any atom is 2.00 e. The van der Waals surface area contributed by atoms with Gasteiger partial charge in [0.05, 0.1) is 0 Å². The van der Waals surface area contributed by atoms with Gasteiger partial charge in [0.15, 0.2) is 0 Å². The summed E-state index contributed by atoms with van der Waals surface area (Å²) >= 11 is 0. The van der Waals surface area contributed by atoms with Crippen molar-refractivity contribution in [3.05, 3.63) is 127 Å². The summed E-state index contributed by atoms with van der Waals surface area (Å²) in [5.41, 5.74) is 16.6. The molecular formula is C34H34Cl2P2Zr. The molecule has 0 N–H and O–H groups in total. The van der Waals surface area contributed by atoms with Crippen molar-refractivity contribution in [1.82, 2.24) is 0 Å². The number of fused-ring (bicyclic) bond motifs is 2. The molecule has 0 bridgehead atoms. The molecule has 0 atom stereocenters. The Hall–Kier alpha value is -1.32. The van der Waals surface area contributed by atoms with Gasteiger partial charge in [0.25, 0.3) is 0 Å². The van der Waals surface area contributed by atoms with Crippen LogP contribution in [0.1, 0.15) is 61.1 Å². The molecule has 0 radical (unpaired) electrons. The van der Waals surface area contributed by atoms with Crippen LogP contribution in [0, 0.1) is 27.7 Å². The molecule has 0 amide bonds. The van der Waals surface area contributed by atoms with Crippen LogP contribution in [0.5, 0.6) is 0 Å². The van der Waals surface area contributed by atoms with Crippen molar-refractivity contribution < 1.29 is 51.0 Å². The Morgan fingerprint density at radius 2 is 0.718 bits per heavy atom. The summed E-state index contributed by atoms with van der Waals surface area (Å²) < 4.78 is 0. The minimum Gasteiger partial charge on any atom is -1.00 e. The van der Waals surface area contributed by atoms with E-state index in [1.165, 1.54) is 104 Å². The molecule has 5 heteroatoms. The molecule has 0 fully saturated rings. The number of rotatable bonds is 2. The molecule has 198 valence electrons. The molecule has 2 aromatic rings. The first-order chi connectivity index (χ1) is 17.1. The maximum atomic E-state index is 2.34. The molecule has 2 aromatic carbocycles. The zero-order valence-electron chi connectivity index (χ0n) is 23.9. The van der Waals surface area contributed by atoms with Gasteiger partial charge in [0.1, 0.15) is 0 Å². The zero-order chi connectivity index (χ0) is 25.7. The van der Waals surface area contributed by atoms with Crippen molar-refractivity contribution >= 4 is 38.1 Å². The first kappa shape index (κ1) is 33.9. The summed E-state index contributed by atoms with van der Waals surface area (Å²) in [5.74, 6) is 0. The van der Waals surface area contributed by atoms with Crippen LogP contribution >= 0.6 is 16.4 Å². The Morgan fingerprint density at radius 1 is 0.410 bits per heavy atom. The van der Waals surface area contributed by atoms with Gasteiger partial charge in [0, 0.05) is 10.6 Å². The normalized spacial score (nSPS) is 17.1. The molecule has 0 spiro atoms. The van der Waals surface area contributed by atoms with Gasteiger partial charge < -0.3 is 24.8 Å². The predicted molar refractivity (Wildman–Crippen MR) is 165 cm³/mol. The van der Waals surface area contributed by atoms with Crippen LogP contribution in [0.4, 0.5) is 0 Å². The average Bonchev–Trinajstić information content (AvgIpc) is 3.50. The Morgan fingerprint density at radius 3 is 1.03 bits per heavy atom. The maximum absolute atomic E-state index is 2.34. The molecule has 6 rings (SSSR count). The van der Waals surface area contributed by atoms with E-state index in [9.17, 15) is 0 Å². The molecule has 2 heterocycles. The van der Waals surface area contributed by atoms with E-state index in [2.05, 4.69) is 116 Å². The van der Waals surface area contributed by atoms with Crippen LogP contribution in [0.3, 0.4) is 0 Å². The van der Waals surface area contributed by atoms with Gasteiger partial charge in [-0.1, -0.05) is 75.1 Å². The molecule has 0 unspecified atom stereocenters. The summed E-state index contributed by atoms with van der Waals surface area (Å²) in [7, 11) is 2.78. The third kappa shape index (κ3) is 7.13. The van der Waals surface area contributed by atoms with Crippen LogP contribution in [0.15, 0.2) is 93.6 Å². The van der Waals surface area contributed by atoms with Crippen molar-refractivity contribution in [2.45, 2.75) is 55.4 Å². The molecule has 2 aliphatic carbocycles. The smallest absolute Gasteiger partial charge is 1.00 e. The Kier molecular flexibility index (Phi) is 11.8. The summed E-state index contributed by atoms with van der Waals surface area (Å²) in [5, 5.41) is 5.91. The van der Waals surface area contributed by atoms with Gasteiger partial charge in [-0.2, -0.15) is 0 Å². The number of allylic oxidation sites excluding steroid dienone is 12. The van der Waals surface area contributed by atoms with Gasteiger partial charge in [-0.15, -0.1) is 0 Å². The average molecular weight is 667 g/mol. The fourth-order valence-corrected chi connectivity index (χ4v) is 7.75. The van der Waals surface area contributed by atoms with E-state index in [0.717, 1.165) is 0 Å². The van der Waals surface area contributed by atoms with Crippen molar-refractivity contribution in [2.24, 2.45) is 0 Å². The number of hydrogen-bond donors (Lipinski definition) is 0. The van der Waals surface area contributed by atoms with Gasteiger partial charge >= 0.3 is 26.2 Å². The van der Waals surface area contributed by atoms with Gasteiger partial charge in [0.2, 0.25) is 0 Å². The minimum atomic E-state index is 0. The molecule has 4 aliphatic rings. The van der Waals surface area contributed by atoms with Gasteiger partial charge in [-0.25, -0.2) is 0 Å². The topological polar surface area (TPSA) is 0 Å². The molecule has 0 nitrogen and oxygen atoms in total. The van der Waals surface area contributed by atoms with Gasteiger partial charge in [-0.05, 0) is 135 Å². The molecule has 0 saturated carbocycles. The van der Waals surface area contributed by atoms with Crippen molar-refractivity contribution in [3.63, 3.8) is 0 Å². The predicted octanol–water partition coefficient (Wildman–Crippen LogP) is 4.11. The number of halogens is 2. The largest absolute Gasteiger partial charge is 2.00 e. The monoisotopic (exact) mass is 664 g/mol. The Bertz CT molecular complexity index is 1430. The van der Waals surface area contributed by atoms with Crippen LogP contribution in [-0.2, 0) is 26.2 Å². The van der Waals surface area contributed by atoms with E-state index in [0.29, 0.717) is 0 Å². The second kappa shape index (κ2) is 13.6. The second-order valence-corrected chi connectivity index (χ2v) is 13.3. The van der Waals surface area contributed by atoms with Crippen molar-refractivity contribution in [1.29, 1.82) is 0 Å². The standard InChI is InChI=1S/2C17H17P.2ClH.Zr/c2*1-10-5-11(2)7-14(6-10)15-8-12(3)17-16(15)9-13(4)18-17;;;/h2*5-9H,1-4H3;2*1H;/q;;;;+2/p-2. The minimum absolute atomic E-state index is 0. The molecule has 2 aliphatic heterocycles. The number of aryl methyl sites for hydroxylation is 4. The van der Waals surface area contributed by atoms with E-state index >= 15 is 0 Å². The van der Waals surface area contributed by atoms with Crippen LogP contribution in [-0.4, -0.2) is 10.6 Å². The van der Waals surface area contributed by atoms with E-state index in [1.54, 1.807) is 0 Å². The number of benzene rings is 2. The fraction of sp³-hybridized carbons (Fsp3) is 0.235. The summed E-state index contributed by atoms with van der Waals surface area (Å²) in [6, 6.07) is 13.6. The Balaban J connectivity index is 0.000000254. The zero-order valence-corrected chi connectivity index (χ0v) is 29.7. The first-order valence-corrected chi connectivity index (χ1v) is 14.5. The SMILES string of the molecule is CC1=PC2=C(C)C=C(c3cc(C)cc(C)c3)C2=C1.CC1=PC2=C(C)C=C(c3cc(C)cc(C)c3)C2=C1.[Cl-].[Cl-].[Zr+2]. The third-order valence-electron chi connectivity index (χ3n) is 6.91. The van der Waals surface area contributed by atoms with E-state index in [1.807, 2.05) is 0 Å². The van der Waals surface area contributed by atoms with Crippen LogP contribution < -0.4 is 24.8 Å². The number of hydrogen-bond acceptors (Lipinski definition) is 0. The van der Waals surface area contributed by atoms with E-state index < -0.39 is 0 Å². The van der Waals surface area contributed by atoms with Crippen molar-refractivity contribution in [3.8, 4) is 0 Å². The molecule has 0 saturated heterocycles. The third-order valence-corrected chi connectivity index (χ3v) is 9.51. The van der Waals surface area contributed by atoms with Crippen molar-refractivity contribution in [2.75, 3.05) is 0 Å². The second-order valence-electron chi connectivity index (χ2n) is 10.6.